The lowest BCUT2D eigenvalue weighted by molar-refractivity contribution is -0.141. The van der Waals surface area contributed by atoms with E-state index < -0.39 is 65.3 Å². The Morgan fingerprint density at radius 1 is 0.932 bits per heavy atom. The molecule has 7 nitrogen and oxygen atoms in total. The Labute approximate surface area is 245 Å². The van der Waals surface area contributed by atoms with Crippen molar-refractivity contribution >= 4 is 23.8 Å². The number of ether oxygens (including phenoxy) is 1. The van der Waals surface area contributed by atoms with Crippen LogP contribution in [0.2, 0.25) is 0 Å². The molecule has 1 atom stereocenters. The maximum absolute atomic E-state index is 14.1. The van der Waals surface area contributed by atoms with E-state index >= 15 is 0 Å². The minimum Gasteiger partial charge on any atom is -0.481 e. The van der Waals surface area contributed by atoms with Crippen LogP contribution >= 0.6 is 0 Å². The van der Waals surface area contributed by atoms with Crippen molar-refractivity contribution < 1.29 is 54.2 Å². The molecule has 0 aliphatic carbocycles. The number of carbonyl (C=O) groups excluding carboxylic acids is 3. The summed E-state index contributed by atoms with van der Waals surface area (Å²) in [4.78, 5) is 40.5. The zero-order chi connectivity index (χ0) is 32.4. The third kappa shape index (κ3) is 6.76. The van der Waals surface area contributed by atoms with E-state index in [-0.39, 0.29) is 36.8 Å². The SMILES string of the molecule is CNc1ccc(-c2cccc(C(F)(F)F)c2)cc1C(=O)N1CCN(C(=O)COc2ccc(C(F)(F)F)c(F)c2F)CC1C=O. The van der Waals surface area contributed by atoms with Gasteiger partial charge in [0.1, 0.15) is 12.3 Å². The number of alkyl halides is 6. The fraction of sp³-hybridized carbons (Fsp3) is 0.276. The van der Waals surface area contributed by atoms with Crippen molar-refractivity contribution in [3.05, 3.63) is 82.9 Å². The molecule has 3 aromatic rings. The molecule has 1 heterocycles. The van der Waals surface area contributed by atoms with E-state index in [1.54, 1.807) is 0 Å². The Bertz CT molecular complexity index is 1580. The summed E-state index contributed by atoms with van der Waals surface area (Å²) < 4.78 is 111. The van der Waals surface area contributed by atoms with Crippen molar-refractivity contribution in [2.45, 2.75) is 18.4 Å². The third-order valence-corrected chi connectivity index (χ3v) is 6.94. The quantitative estimate of drug-likeness (QED) is 0.271. The first-order chi connectivity index (χ1) is 20.6. The minimum atomic E-state index is -5.15. The number of nitrogens with one attached hydrogen (secondary N) is 1. The van der Waals surface area contributed by atoms with Gasteiger partial charge < -0.3 is 24.6 Å². The topological polar surface area (TPSA) is 79.0 Å². The molecule has 0 saturated carbocycles. The van der Waals surface area contributed by atoms with E-state index in [1.807, 2.05) is 0 Å². The van der Waals surface area contributed by atoms with Gasteiger partial charge in [-0.2, -0.15) is 30.7 Å². The summed E-state index contributed by atoms with van der Waals surface area (Å²) in [5.74, 6) is -6.50. The second kappa shape index (κ2) is 12.5. The van der Waals surface area contributed by atoms with Gasteiger partial charge in [-0.1, -0.05) is 18.2 Å². The highest BCUT2D eigenvalue weighted by Gasteiger charge is 2.37. The van der Waals surface area contributed by atoms with E-state index in [2.05, 4.69) is 5.32 Å². The summed E-state index contributed by atoms with van der Waals surface area (Å²) in [5.41, 5.74) is -1.84. The van der Waals surface area contributed by atoms with Crippen LogP contribution in [-0.4, -0.2) is 67.2 Å². The van der Waals surface area contributed by atoms with Gasteiger partial charge in [0.2, 0.25) is 5.82 Å². The molecule has 2 amide bonds. The van der Waals surface area contributed by atoms with Gasteiger partial charge in [-0.25, -0.2) is 4.39 Å². The number of amides is 2. The van der Waals surface area contributed by atoms with Crippen LogP contribution in [0, 0.1) is 11.6 Å². The molecule has 1 aliphatic rings. The summed E-state index contributed by atoms with van der Waals surface area (Å²) in [5, 5.41) is 2.83. The number of carbonyl (C=O) groups is 3. The van der Waals surface area contributed by atoms with Crippen LogP contribution in [0.5, 0.6) is 5.75 Å². The zero-order valence-corrected chi connectivity index (χ0v) is 22.7. The largest absolute Gasteiger partial charge is 0.481 e. The molecular formula is C29H23F8N3O4. The van der Waals surface area contributed by atoms with E-state index in [4.69, 9.17) is 4.74 Å². The molecule has 1 N–H and O–H groups in total. The molecule has 0 radical (unpaired) electrons. The number of aldehydes is 1. The second-order valence-corrected chi connectivity index (χ2v) is 9.66. The number of hydrogen-bond acceptors (Lipinski definition) is 5. The first kappa shape index (κ1) is 32.2. The van der Waals surface area contributed by atoms with Crippen LogP contribution in [0.4, 0.5) is 40.8 Å². The maximum atomic E-state index is 14.1. The lowest BCUT2D eigenvalue weighted by Gasteiger charge is -2.39. The van der Waals surface area contributed by atoms with Crippen LogP contribution in [0.1, 0.15) is 21.5 Å². The standard InChI is InChI=1S/C29H23F8N3O4/c1-38-22-7-5-17(16-3-2-4-18(11-16)28(32,33)34)12-20(22)27(43)40-10-9-39(13-19(40)14-41)24(42)15-44-23-8-6-21(29(35,36)37)25(30)26(23)31/h2-8,11-12,14,19,38H,9-10,13,15H2,1H3. The Morgan fingerprint density at radius 3 is 2.27 bits per heavy atom. The summed E-state index contributed by atoms with van der Waals surface area (Å²) in [7, 11) is 1.52. The molecule has 1 aliphatic heterocycles. The van der Waals surface area contributed by atoms with Gasteiger partial charge in [-0.05, 0) is 47.5 Å². The average molecular weight is 630 g/mol. The first-order valence-corrected chi connectivity index (χ1v) is 12.9. The average Bonchev–Trinajstić information content (AvgIpc) is 2.99. The van der Waals surface area contributed by atoms with E-state index in [0.717, 1.165) is 17.0 Å². The number of benzene rings is 3. The van der Waals surface area contributed by atoms with E-state index in [0.29, 0.717) is 23.6 Å². The maximum Gasteiger partial charge on any atom is 0.419 e. The minimum absolute atomic E-state index is 0.0529. The second-order valence-electron chi connectivity index (χ2n) is 9.66. The van der Waals surface area contributed by atoms with Crippen molar-refractivity contribution in [2.24, 2.45) is 0 Å². The molecule has 234 valence electrons. The lowest BCUT2D eigenvalue weighted by Crippen LogP contribution is -2.58. The summed E-state index contributed by atoms with van der Waals surface area (Å²) in [6.07, 6.45) is -9.31. The molecule has 1 saturated heterocycles. The Morgan fingerprint density at radius 2 is 1.64 bits per heavy atom. The van der Waals surface area contributed by atoms with Crippen LogP contribution in [0.15, 0.2) is 54.6 Å². The highest BCUT2D eigenvalue weighted by atomic mass is 19.4. The molecule has 1 fully saturated rings. The first-order valence-electron chi connectivity index (χ1n) is 12.9. The number of hydrogen-bond donors (Lipinski definition) is 1. The molecule has 3 aromatic carbocycles. The van der Waals surface area contributed by atoms with Crippen molar-refractivity contribution in [3.8, 4) is 16.9 Å². The molecular weight excluding hydrogens is 606 g/mol. The molecule has 0 spiro atoms. The summed E-state index contributed by atoms with van der Waals surface area (Å²) >= 11 is 0. The molecule has 4 rings (SSSR count). The zero-order valence-electron chi connectivity index (χ0n) is 22.7. The predicted molar refractivity (Wildman–Crippen MR) is 141 cm³/mol. The van der Waals surface area contributed by atoms with Gasteiger partial charge >= 0.3 is 12.4 Å². The van der Waals surface area contributed by atoms with Gasteiger partial charge in [-0.3, -0.25) is 9.59 Å². The molecule has 0 bridgehead atoms. The van der Waals surface area contributed by atoms with Gasteiger partial charge in [0.15, 0.2) is 18.2 Å². The van der Waals surface area contributed by atoms with E-state index in [9.17, 15) is 49.5 Å². The fourth-order valence-electron chi connectivity index (χ4n) is 4.65. The van der Waals surface area contributed by atoms with Crippen LogP contribution in [0.25, 0.3) is 11.1 Å². The normalized spacial score (nSPS) is 15.6. The molecule has 44 heavy (non-hydrogen) atoms. The summed E-state index contributed by atoms with van der Waals surface area (Å²) in [6, 6.07) is 8.58. The summed E-state index contributed by atoms with van der Waals surface area (Å²) in [6.45, 7) is -1.49. The number of rotatable bonds is 7. The molecule has 1 unspecified atom stereocenters. The Balaban J connectivity index is 1.48. The third-order valence-electron chi connectivity index (χ3n) is 6.94. The smallest absolute Gasteiger partial charge is 0.419 e. The number of nitrogens with zero attached hydrogens (tertiary/aromatic N) is 2. The fourth-order valence-corrected chi connectivity index (χ4v) is 4.65. The van der Waals surface area contributed by atoms with Crippen molar-refractivity contribution in [1.29, 1.82) is 0 Å². The lowest BCUT2D eigenvalue weighted by atomic mass is 9.98. The van der Waals surface area contributed by atoms with Gasteiger partial charge in [-0.15, -0.1) is 0 Å². The van der Waals surface area contributed by atoms with Crippen LogP contribution in [-0.2, 0) is 21.9 Å². The predicted octanol–water partition coefficient (Wildman–Crippen LogP) is 5.64. The van der Waals surface area contributed by atoms with E-state index in [1.165, 1.54) is 42.3 Å². The van der Waals surface area contributed by atoms with Crippen molar-refractivity contribution in [2.75, 3.05) is 38.6 Å². The monoisotopic (exact) mass is 629 g/mol. The number of piperazine rings is 1. The number of anilines is 1. The van der Waals surface area contributed by atoms with Crippen LogP contribution < -0.4 is 10.1 Å². The van der Waals surface area contributed by atoms with Crippen molar-refractivity contribution in [1.82, 2.24) is 9.80 Å². The molecule has 0 aromatic heterocycles. The van der Waals surface area contributed by atoms with Gasteiger partial charge in [0, 0.05) is 32.4 Å². The number of halogens is 8. The highest BCUT2D eigenvalue weighted by molar-refractivity contribution is 6.02. The van der Waals surface area contributed by atoms with Crippen molar-refractivity contribution in [3.63, 3.8) is 0 Å². The Hall–Kier alpha value is -4.69. The highest BCUT2D eigenvalue weighted by Crippen LogP contribution is 2.36. The van der Waals surface area contributed by atoms with Gasteiger partial charge in [0.25, 0.3) is 11.8 Å². The molecule has 15 heteroatoms. The van der Waals surface area contributed by atoms with Gasteiger partial charge in [0.05, 0.1) is 16.7 Å². The van der Waals surface area contributed by atoms with Crippen LogP contribution in [0.3, 0.4) is 0 Å². The Kier molecular flexibility index (Phi) is 9.16.